The monoisotopic (exact) mass is 258 g/mol. The lowest BCUT2D eigenvalue weighted by Gasteiger charge is -2.12. The van der Waals surface area contributed by atoms with Crippen molar-refractivity contribution in [2.75, 3.05) is 13.1 Å². The topological polar surface area (TPSA) is 58.3 Å². The third-order valence-electron chi connectivity index (χ3n) is 3.34. The fourth-order valence-electron chi connectivity index (χ4n) is 2.12. The van der Waals surface area contributed by atoms with Crippen LogP contribution in [0.2, 0.25) is 0 Å². The highest BCUT2D eigenvalue weighted by atomic mass is 16.3. The third kappa shape index (κ3) is 13.9. The van der Waals surface area contributed by atoms with Crippen LogP contribution in [0.1, 0.15) is 77.6 Å². The van der Waals surface area contributed by atoms with E-state index in [1.54, 1.807) is 0 Å². The molecular weight excluding hydrogens is 224 g/mol. The maximum Gasteiger partial charge on any atom is 0.104 e. The van der Waals surface area contributed by atoms with E-state index in [4.69, 9.17) is 5.73 Å². The van der Waals surface area contributed by atoms with Crippen molar-refractivity contribution in [2.45, 2.75) is 83.8 Å². The Morgan fingerprint density at radius 1 is 0.889 bits per heavy atom. The summed E-state index contributed by atoms with van der Waals surface area (Å²) in [5.41, 5.74) is 5.39. The van der Waals surface area contributed by atoms with Crippen LogP contribution in [0.15, 0.2) is 0 Å². The minimum absolute atomic E-state index is 0.332. The molecule has 0 aliphatic heterocycles. The van der Waals surface area contributed by atoms with Crippen molar-refractivity contribution in [3.8, 4) is 0 Å². The van der Waals surface area contributed by atoms with Gasteiger partial charge >= 0.3 is 0 Å². The van der Waals surface area contributed by atoms with Gasteiger partial charge in [-0.15, -0.1) is 0 Å². The minimum atomic E-state index is -0.332. The Balaban J connectivity index is 3.05. The summed E-state index contributed by atoms with van der Waals surface area (Å²) in [6, 6.07) is 0. The highest BCUT2D eigenvalue weighted by molar-refractivity contribution is 4.55. The molecule has 0 heterocycles. The van der Waals surface area contributed by atoms with Crippen LogP contribution in [0.5, 0.6) is 0 Å². The largest absolute Gasteiger partial charge is 0.379 e. The van der Waals surface area contributed by atoms with Gasteiger partial charge in [0.25, 0.3) is 0 Å². The Labute approximate surface area is 114 Å². The molecule has 0 aromatic heterocycles. The Kier molecular flexibility index (Phi) is 14.8. The second kappa shape index (κ2) is 14.9. The fourth-order valence-corrected chi connectivity index (χ4v) is 2.12. The first-order chi connectivity index (χ1) is 8.81. The zero-order valence-corrected chi connectivity index (χ0v) is 12.3. The van der Waals surface area contributed by atoms with E-state index in [1.807, 2.05) is 0 Å². The van der Waals surface area contributed by atoms with E-state index in [1.165, 1.54) is 51.4 Å². The standard InChI is InChI=1S/C15H34N2O/c1-2-3-4-5-6-7-8-9-10-12-15(18)17-14-11-13-16/h15,17-18H,2-14,16H2,1H3. The second-order valence-corrected chi connectivity index (χ2v) is 5.23. The molecule has 4 N–H and O–H groups in total. The van der Waals surface area contributed by atoms with Crippen molar-refractivity contribution in [3.05, 3.63) is 0 Å². The van der Waals surface area contributed by atoms with Crippen molar-refractivity contribution in [1.82, 2.24) is 5.32 Å². The van der Waals surface area contributed by atoms with Gasteiger partial charge in [0.2, 0.25) is 0 Å². The third-order valence-corrected chi connectivity index (χ3v) is 3.34. The summed E-state index contributed by atoms with van der Waals surface area (Å²) in [6.07, 6.45) is 13.5. The molecule has 0 aromatic rings. The van der Waals surface area contributed by atoms with E-state index in [-0.39, 0.29) is 6.23 Å². The molecule has 1 unspecified atom stereocenters. The van der Waals surface area contributed by atoms with Gasteiger partial charge in [0, 0.05) is 0 Å². The molecule has 18 heavy (non-hydrogen) atoms. The van der Waals surface area contributed by atoms with E-state index in [2.05, 4.69) is 12.2 Å². The Morgan fingerprint density at radius 3 is 2.00 bits per heavy atom. The first-order valence-corrected chi connectivity index (χ1v) is 7.92. The molecule has 3 nitrogen and oxygen atoms in total. The van der Waals surface area contributed by atoms with Crippen molar-refractivity contribution in [2.24, 2.45) is 5.73 Å². The molecule has 0 spiro atoms. The van der Waals surface area contributed by atoms with Gasteiger partial charge in [-0.1, -0.05) is 58.3 Å². The number of aliphatic hydroxyl groups is 1. The van der Waals surface area contributed by atoms with Crippen molar-refractivity contribution in [3.63, 3.8) is 0 Å². The lowest BCUT2D eigenvalue weighted by Crippen LogP contribution is -2.30. The zero-order valence-electron chi connectivity index (χ0n) is 12.3. The van der Waals surface area contributed by atoms with Crippen molar-refractivity contribution in [1.29, 1.82) is 0 Å². The summed E-state index contributed by atoms with van der Waals surface area (Å²) < 4.78 is 0. The van der Waals surface area contributed by atoms with Crippen LogP contribution in [0.25, 0.3) is 0 Å². The second-order valence-electron chi connectivity index (χ2n) is 5.23. The molecule has 0 amide bonds. The predicted octanol–water partition coefficient (Wildman–Crippen LogP) is 3.16. The molecule has 0 saturated carbocycles. The SMILES string of the molecule is CCCCCCCCCCCC(O)NCCCN. The van der Waals surface area contributed by atoms with Crippen LogP contribution in [-0.4, -0.2) is 24.4 Å². The van der Waals surface area contributed by atoms with Crippen molar-refractivity contribution < 1.29 is 5.11 Å². The van der Waals surface area contributed by atoms with Gasteiger partial charge in [0.05, 0.1) is 0 Å². The molecule has 0 saturated heterocycles. The molecule has 0 aromatic carbocycles. The van der Waals surface area contributed by atoms with E-state index >= 15 is 0 Å². The average molecular weight is 258 g/mol. The number of hydrogen-bond donors (Lipinski definition) is 3. The molecule has 0 rings (SSSR count). The van der Waals surface area contributed by atoms with Gasteiger partial charge in [-0.05, 0) is 32.4 Å². The summed E-state index contributed by atoms with van der Waals surface area (Å²) in [5, 5.41) is 12.7. The number of nitrogens with one attached hydrogen (secondary N) is 1. The maximum atomic E-state index is 9.62. The fraction of sp³-hybridized carbons (Fsp3) is 1.00. The predicted molar refractivity (Wildman–Crippen MR) is 79.5 cm³/mol. The first kappa shape index (κ1) is 17.9. The molecule has 0 bridgehead atoms. The van der Waals surface area contributed by atoms with Gasteiger partial charge in [0.1, 0.15) is 6.23 Å². The van der Waals surface area contributed by atoms with Gasteiger partial charge in [-0.25, -0.2) is 0 Å². The summed E-state index contributed by atoms with van der Waals surface area (Å²) >= 11 is 0. The number of unbranched alkanes of at least 4 members (excludes halogenated alkanes) is 8. The number of nitrogens with two attached hydrogens (primary N) is 1. The molecular formula is C15H34N2O. The van der Waals surface area contributed by atoms with E-state index in [0.717, 1.165) is 25.8 Å². The van der Waals surface area contributed by atoms with Crippen LogP contribution in [-0.2, 0) is 0 Å². The number of aliphatic hydroxyl groups excluding tert-OH is 1. The molecule has 0 aliphatic rings. The molecule has 110 valence electrons. The van der Waals surface area contributed by atoms with E-state index in [9.17, 15) is 5.11 Å². The first-order valence-electron chi connectivity index (χ1n) is 7.92. The van der Waals surface area contributed by atoms with Gasteiger partial charge in [-0.3, -0.25) is 5.32 Å². The quantitative estimate of drug-likeness (QED) is 0.331. The smallest absolute Gasteiger partial charge is 0.104 e. The summed E-state index contributed by atoms with van der Waals surface area (Å²) in [7, 11) is 0. The van der Waals surface area contributed by atoms with Crippen LogP contribution >= 0.6 is 0 Å². The highest BCUT2D eigenvalue weighted by Crippen LogP contribution is 2.10. The Hall–Kier alpha value is -0.120. The van der Waals surface area contributed by atoms with Crippen LogP contribution in [0.3, 0.4) is 0 Å². The minimum Gasteiger partial charge on any atom is -0.379 e. The zero-order chi connectivity index (χ0) is 13.5. The number of rotatable bonds is 14. The molecule has 0 aliphatic carbocycles. The lowest BCUT2D eigenvalue weighted by atomic mass is 10.1. The Morgan fingerprint density at radius 2 is 1.44 bits per heavy atom. The normalized spacial score (nSPS) is 12.8. The molecule has 1 atom stereocenters. The molecule has 0 radical (unpaired) electrons. The number of hydrogen-bond acceptors (Lipinski definition) is 3. The average Bonchev–Trinajstić information content (AvgIpc) is 2.37. The van der Waals surface area contributed by atoms with Gasteiger partial charge in [-0.2, -0.15) is 0 Å². The lowest BCUT2D eigenvalue weighted by molar-refractivity contribution is 0.124. The van der Waals surface area contributed by atoms with Crippen LogP contribution in [0.4, 0.5) is 0 Å². The molecule has 0 fully saturated rings. The van der Waals surface area contributed by atoms with E-state index < -0.39 is 0 Å². The summed E-state index contributed by atoms with van der Waals surface area (Å²) in [4.78, 5) is 0. The van der Waals surface area contributed by atoms with E-state index in [0.29, 0.717) is 6.54 Å². The Bertz CT molecular complexity index is 153. The summed E-state index contributed by atoms with van der Waals surface area (Å²) in [5.74, 6) is 0. The van der Waals surface area contributed by atoms with Crippen LogP contribution < -0.4 is 11.1 Å². The van der Waals surface area contributed by atoms with Crippen molar-refractivity contribution >= 4 is 0 Å². The van der Waals surface area contributed by atoms with Gasteiger partial charge in [0.15, 0.2) is 0 Å². The van der Waals surface area contributed by atoms with Crippen LogP contribution in [0, 0.1) is 0 Å². The highest BCUT2D eigenvalue weighted by Gasteiger charge is 2.01. The molecule has 3 heteroatoms. The summed E-state index contributed by atoms with van der Waals surface area (Å²) in [6.45, 7) is 3.78. The maximum absolute atomic E-state index is 9.62. The van der Waals surface area contributed by atoms with Gasteiger partial charge < -0.3 is 10.8 Å².